The molecule has 2 aromatic rings. The zero-order chi connectivity index (χ0) is 17.4. The number of carboxylic acids is 1. The van der Waals surface area contributed by atoms with Gasteiger partial charge in [-0.2, -0.15) is 0 Å². The van der Waals surface area contributed by atoms with Gasteiger partial charge in [-0.15, -0.1) is 0 Å². The fraction of sp³-hybridized carbons (Fsp3) is 0.316. The van der Waals surface area contributed by atoms with Crippen molar-refractivity contribution in [1.82, 2.24) is 5.16 Å². The molecule has 1 saturated heterocycles. The summed E-state index contributed by atoms with van der Waals surface area (Å²) in [6.45, 7) is 0. The summed E-state index contributed by atoms with van der Waals surface area (Å²) in [5.41, 5.74) is 1.41. The van der Waals surface area contributed by atoms with Gasteiger partial charge in [0.15, 0.2) is 11.5 Å². The number of ether oxygens (including phenoxy) is 1. The molecule has 6 heteroatoms. The molecule has 25 heavy (non-hydrogen) atoms. The minimum absolute atomic E-state index is 0.0712. The molecular weight excluding hydrogens is 322 g/mol. The zero-order valence-corrected chi connectivity index (χ0v) is 13.4. The number of carbonyl (C=O) groups is 2. The van der Waals surface area contributed by atoms with E-state index in [1.807, 2.05) is 30.3 Å². The molecule has 0 amide bonds. The van der Waals surface area contributed by atoms with Gasteiger partial charge >= 0.3 is 5.97 Å². The third-order valence-electron chi connectivity index (χ3n) is 4.86. The average Bonchev–Trinajstić information content (AvgIpc) is 3.21. The van der Waals surface area contributed by atoms with Crippen molar-refractivity contribution in [2.24, 2.45) is 11.8 Å². The lowest BCUT2D eigenvalue weighted by Gasteiger charge is -2.26. The van der Waals surface area contributed by atoms with E-state index in [2.05, 4.69) is 5.16 Å². The first kappa shape index (κ1) is 15.6. The summed E-state index contributed by atoms with van der Waals surface area (Å²) < 4.78 is 11.1. The van der Waals surface area contributed by atoms with Crippen LogP contribution in [-0.4, -0.2) is 28.1 Å². The Kier molecular flexibility index (Phi) is 3.87. The molecule has 2 aliphatic rings. The summed E-state index contributed by atoms with van der Waals surface area (Å²) in [7, 11) is 0. The van der Waals surface area contributed by atoms with Gasteiger partial charge in [-0.1, -0.05) is 35.5 Å². The number of allylic oxidation sites excluding steroid dienone is 1. The maximum Gasteiger partial charge on any atom is 0.306 e. The van der Waals surface area contributed by atoms with Crippen molar-refractivity contribution in [3.8, 4) is 11.3 Å². The molecule has 0 radical (unpaired) electrons. The molecular formula is C19H17NO5. The summed E-state index contributed by atoms with van der Waals surface area (Å²) >= 11 is 0. The number of nitrogens with zero attached hydrogens (tertiary/aromatic N) is 1. The number of ketones is 1. The van der Waals surface area contributed by atoms with Gasteiger partial charge in [0, 0.05) is 17.7 Å². The van der Waals surface area contributed by atoms with Crippen LogP contribution in [0.25, 0.3) is 17.4 Å². The van der Waals surface area contributed by atoms with Gasteiger partial charge < -0.3 is 14.4 Å². The normalized spacial score (nSPS) is 27.1. The van der Waals surface area contributed by atoms with Crippen LogP contribution in [0, 0.1) is 11.8 Å². The highest BCUT2D eigenvalue weighted by Gasteiger charge is 2.45. The summed E-state index contributed by atoms with van der Waals surface area (Å²) in [4.78, 5) is 23.7. The number of aromatic nitrogens is 1. The van der Waals surface area contributed by atoms with E-state index < -0.39 is 11.9 Å². The second kappa shape index (κ2) is 6.20. The van der Waals surface area contributed by atoms with E-state index in [0.29, 0.717) is 30.7 Å². The molecule has 2 fully saturated rings. The quantitative estimate of drug-likeness (QED) is 0.864. The van der Waals surface area contributed by atoms with Crippen LogP contribution in [0.3, 0.4) is 0 Å². The monoisotopic (exact) mass is 339 g/mol. The number of aliphatic carboxylic acids is 1. The van der Waals surface area contributed by atoms with Gasteiger partial charge in [0.1, 0.15) is 11.8 Å². The Morgan fingerprint density at radius 2 is 2.04 bits per heavy atom. The second-order valence-electron chi connectivity index (χ2n) is 6.47. The van der Waals surface area contributed by atoms with E-state index in [1.54, 1.807) is 12.1 Å². The third kappa shape index (κ3) is 2.95. The van der Waals surface area contributed by atoms with E-state index >= 15 is 0 Å². The lowest BCUT2D eigenvalue weighted by Crippen LogP contribution is -2.32. The number of carboxylic acid groups (broad SMARTS) is 1. The van der Waals surface area contributed by atoms with Gasteiger partial charge in [0.05, 0.1) is 11.8 Å². The first-order valence-corrected chi connectivity index (χ1v) is 8.29. The molecule has 1 saturated carbocycles. The molecule has 128 valence electrons. The number of fused-ring (bicyclic) bond motifs is 1. The van der Waals surface area contributed by atoms with E-state index in [-0.39, 0.29) is 23.6 Å². The van der Waals surface area contributed by atoms with Crippen molar-refractivity contribution in [2.45, 2.75) is 25.4 Å². The van der Waals surface area contributed by atoms with Crippen LogP contribution >= 0.6 is 0 Å². The highest BCUT2D eigenvalue weighted by molar-refractivity contribution is 6.01. The van der Waals surface area contributed by atoms with E-state index in [4.69, 9.17) is 14.4 Å². The molecule has 0 spiro atoms. The lowest BCUT2D eigenvalue weighted by atomic mass is 9.79. The summed E-state index contributed by atoms with van der Waals surface area (Å²) in [5, 5.41) is 13.1. The fourth-order valence-corrected chi connectivity index (χ4v) is 3.52. The maximum absolute atomic E-state index is 12.5. The van der Waals surface area contributed by atoms with Crippen LogP contribution < -0.4 is 0 Å². The van der Waals surface area contributed by atoms with E-state index in [0.717, 1.165) is 5.56 Å². The van der Waals surface area contributed by atoms with Crippen LogP contribution in [0.5, 0.6) is 0 Å². The standard InChI is InChI=1S/C19H17NO5/c21-18-14-7-6-12(19(22)23)8-16(14)24-17(18)10-13-9-15(25-20-13)11-4-2-1-3-5-11/h1-5,9-10,12,14,16H,6-8H2,(H,22,23)/b17-10-/t12?,14-,16+/m0/s1. The number of carbonyl (C=O) groups excluding carboxylic acids is 1. The van der Waals surface area contributed by atoms with Crippen LogP contribution in [-0.2, 0) is 14.3 Å². The summed E-state index contributed by atoms with van der Waals surface area (Å²) in [6.07, 6.45) is 2.66. The van der Waals surface area contributed by atoms with Crippen LogP contribution in [0.2, 0.25) is 0 Å². The molecule has 6 nitrogen and oxygen atoms in total. The predicted octanol–water partition coefficient (Wildman–Crippen LogP) is 3.15. The van der Waals surface area contributed by atoms with Crippen molar-refractivity contribution >= 4 is 17.8 Å². The molecule has 1 aromatic heterocycles. The van der Waals surface area contributed by atoms with Crippen molar-refractivity contribution in [2.75, 3.05) is 0 Å². The number of hydrogen-bond donors (Lipinski definition) is 1. The Balaban J connectivity index is 1.54. The van der Waals surface area contributed by atoms with Gasteiger partial charge in [0.25, 0.3) is 0 Å². The van der Waals surface area contributed by atoms with Crippen molar-refractivity contribution in [1.29, 1.82) is 0 Å². The Labute approximate surface area is 144 Å². The first-order chi connectivity index (χ1) is 12.1. The molecule has 1 N–H and O–H groups in total. The van der Waals surface area contributed by atoms with Gasteiger partial charge in [0.2, 0.25) is 5.78 Å². The molecule has 1 aliphatic heterocycles. The van der Waals surface area contributed by atoms with Crippen LogP contribution in [0.1, 0.15) is 25.0 Å². The Hall–Kier alpha value is -2.89. The molecule has 1 unspecified atom stereocenters. The van der Waals surface area contributed by atoms with Crippen molar-refractivity contribution in [3.63, 3.8) is 0 Å². The number of Topliss-reactive ketones (excluding diaryl/α,β-unsaturated/α-hetero) is 1. The maximum atomic E-state index is 12.5. The van der Waals surface area contributed by atoms with Gasteiger partial charge in [-0.25, -0.2) is 0 Å². The molecule has 1 aliphatic carbocycles. The Bertz CT molecular complexity index is 839. The number of benzene rings is 1. The minimum Gasteiger partial charge on any atom is -0.486 e. The van der Waals surface area contributed by atoms with Crippen LogP contribution in [0.15, 0.2) is 46.7 Å². The second-order valence-corrected chi connectivity index (χ2v) is 6.47. The van der Waals surface area contributed by atoms with E-state index in [1.165, 1.54) is 0 Å². The van der Waals surface area contributed by atoms with Crippen molar-refractivity contribution < 1.29 is 24.0 Å². The molecule has 0 bridgehead atoms. The molecule has 3 atom stereocenters. The predicted molar refractivity (Wildman–Crippen MR) is 88.3 cm³/mol. The largest absolute Gasteiger partial charge is 0.486 e. The fourth-order valence-electron chi connectivity index (χ4n) is 3.52. The first-order valence-electron chi connectivity index (χ1n) is 8.29. The zero-order valence-electron chi connectivity index (χ0n) is 13.4. The minimum atomic E-state index is -0.823. The number of hydrogen-bond acceptors (Lipinski definition) is 5. The summed E-state index contributed by atoms with van der Waals surface area (Å²) in [6, 6.07) is 11.3. The number of rotatable bonds is 3. The SMILES string of the molecule is O=C(O)C1CC[C@@H]2C(=O)/C(=C/c3cc(-c4ccccc4)on3)O[C@@H]2C1. The average molecular weight is 339 g/mol. The highest BCUT2D eigenvalue weighted by Crippen LogP contribution is 2.40. The molecule has 4 rings (SSSR count). The molecule has 1 aromatic carbocycles. The highest BCUT2D eigenvalue weighted by atomic mass is 16.5. The van der Waals surface area contributed by atoms with Crippen molar-refractivity contribution in [3.05, 3.63) is 47.9 Å². The third-order valence-corrected chi connectivity index (χ3v) is 4.86. The topological polar surface area (TPSA) is 89.6 Å². The molecule has 2 heterocycles. The Morgan fingerprint density at radius 1 is 1.24 bits per heavy atom. The Morgan fingerprint density at radius 3 is 2.80 bits per heavy atom. The van der Waals surface area contributed by atoms with Gasteiger partial charge in [-0.3, -0.25) is 9.59 Å². The summed E-state index contributed by atoms with van der Waals surface area (Å²) in [5.74, 6) is -0.725. The smallest absolute Gasteiger partial charge is 0.306 e. The van der Waals surface area contributed by atoms with Gasteiger partial charge in [-0.05, 0) is 19.3 Å². The lowest BCUT2D eigenvalue weighted by molar-refractivity contribution is -0.145. The van der Waals surface area contributed by atoms with E-state index in [9.17, 15) is 9.59 Å². The van der Waals surface area contributed by atoms with Crippen LogP contribution in [0.4, 0.5) is 0 Å².